The summed E-state index contributed by atoms with van der Waals surface area (Å²) in [5, 5.41) is 10.2. The molecule has 0 saturated heterocycles. The topological polar surface area (TPSA) is 63.0 Å². The smallest absolute Gasteiger partial charge is 0.134 e. The Hall–Kier alpha value is -1.79. The fourth-order valence-electron chi connectivity index (χ4n) is 2.09. The van der Waals surface area contributed by atoms with Crippen LogP contribution in [0.15, 0.2) is 34.9 Å². The van der Waals surface area contributed by atoms with Crippen molar-refractivity contribution in [3.05, 3.63) is 36.1 Å². The molecule has 2 rings (SSSR count). The summed E-state index contributed by atoms with van der Waals surface area (Å²) in [6, 6.07) is 9.74. The van der Waals surface area contributed by atoms with Crippen LogP contribution in [-0.4, -0.2) is 0 Å². The van der Waals surface area contributed by atoms with Gasteiger partial charge in [-0.15, -0.1) is 0 Å². The zero-order valence-electron chi connectivity index (χ0n) is 10.1. The number of hydrogen-bond acceptors (Lipinski definition) is 3. The minimum atomic E-state index is -0.302. The van der Waals surface area contributed by atoms with E-state index in [4.69, 9.17) is 10.2 Å². The third-order valence-electron chi connectivity index (χ3n) is 3.12. The monoisotopic (exact) mass is 228 g/mol. The van der Waals surface area contributed by atoms with Crippen molar-refractivity contribution < 1.29 is 4.42 Å². The maximum Gasteiger partial charge on any atom is 0.134 e. The molecule has 0 spiro atoms. The Morgan fingerprint density at radius 3 is 2.65 bits per heavy atom. The minimum Gasteiger partial charge on any atom is -0.464 e. The van der Waals surface area contributed by atoms with Crippen LogP contribution < -0.4 is 5.73 Å². The summed E-state index contributed by atoms with van der Waals surface area (Å²) in [5.41, 5.74) is 7.91. The molecule has 88 valence electrons. The lowest BCUT2D eigenvalue weighted by Crippen LogP contribution is -2.24. The van der Waals surface area contributed by atoms with Crippen LogP contribution in [0.1, 0.15) is 25.5 Å². The molecule has 17 heavy (non-hydrogen) atoms. The van der Waals surface area contributed by atoms with Gasteiger partial charge in [-0.1, -0.05) is 32.0 Å². The molecule has 0 amide bonds. The van der Waals surface area contributed by atoms with E-state index in [1.165, 1.54) is 0 Å². The summed E-state index contributed by atoms with van der Waals surface area (Å²) in [7, 11) is 0. The number of nitriles is 1. The zero-order valence-corrected chi connectivity index (χ0v) is 10.1. The van der Waals surface area contributed by atoms with Crippen molar-refractivity contribution in [1.29, 1.82) is 5.26 Å². The summed E-state index contributed by atoms with van der Waals surface area (Å²) in [6.45, 7) is 4.02. The highest BCUT2D eigenvalue weighted by Gasteiger charge is 2.25. The van der Waals surface area contributed by atoms with E-state index >= 15 is 0 Å². The molecule has 0 aliphatic rings. The molecule has 1 aromatic carbocycles. The normalized spacial score (nSPS) is 14.8. The van der Waals surface area contributed by atoms with Crippen LogP contribution in [0.25, 0.3) is 11.0 Å². The average molecular weight is 228 g/mol. The molecular weight excluding hydrogens is 212 g/mol. The van der Waals surface area contributed by atoms with Crippen LogP contribution in [0.5, 0.6) is 0 Å². The number of rotatable bonds is 3. The summed E-state index contributed by atoms with van der Waals surface area (Å²) >= 11 is 0. The van der Waals surface area contributed by atoms with Gasteiger partial charge in [-0.3, -0.25) is 0 Å². The van der Waals surface area contributed by atoms with Crippen molar-refractivity contribution in [1.82, 2.24) is 0 Å². The molecule has 2 N–H and O–H groups in total. The molecule has 0 radical (unpaired) electrons. The van der Waals surface area contributed by atoms with Gasteiger partial charge in [0.25, 0.3) is 0 Å². The van der Waals surface area contributed by atoms with Crippen LogP contribution in [0.2, 0.25) is 0 Å². The first-order valence-corrected chi connectivity index (χ1v) is 5.76. The van der Waals surface area contributed by atoms with Gasteiger partial charge in [0.2, 0.25) is 0 Å². The molecule has 1 aromatic heterocycles. The summed E-state index contributed by atoms with van der Waals surface area (Å²) in [6.07, 6.45) is 1.67. The van der Waals surface area contributed by atoms with Crippen molar-refractivity contribution in [3.63, 3.8) is 0 Å². The van der Waals surface area contributed by atoms with Gasteiger partial charge < -0.3 is 10.2 Å². The van der Waals surface area contributed by atoms with E-state index in [1.54, 1.807) is 6.26 Å². The molecule has 0 fully saturated rings. The molecule has 2 unspecified atom stereocenters. The molecule has 0 aliphatic heterocycles. The SMILES string of the molecule is CC(C)C(C#N)C(N)c1coc2ccccc12. The molecule has 2 atom stereocenters. The second kappa shape index (κ2) is 4.60. The van der Waals surface area contributed by atoms with Gasteiger partial charge in [-0.05, 0) is 12.0 Å². The van der Waals surface area contributed by atoms with Gasteiger partial charge in [0.15, 0.2) is 0 Å². The lowest BCUT2D eigenvalue weighted by molar-refractivity contribution is 0.402. The maximum absolute atomic E-state index is 9.18. The molecule has 0 saturated carbocycles. The van der Waals surface area contributed by atoms with Crippen molar-refractivity contribution in [2.24, 2.45) is 17.6 Å². The van der Waals surface area contributed by atoms with Crippen molar-refractivity contribution in [2.45, 2.75) is 19.9 Å². The van der Waals surface area contributed by atoms with Crippen LogP contribution in [0.3, 0.4) is 0 Å². The van der Waals surface area contributed by atoms with Gasteiger partial charge in [-0.2, -0.15) is 5.26 Å². The molecule has 3 nitrogen and oxygen atoms in total. The lowest BCUT2D eigenvalue weighted by Gasteiger charge is -2.19. The Morgan fingerprint density at radius 1 is 1.29 bits per heavy atom. The first-order valence-electron chi connectivity index (χ1n) is 5.76. The fourth-order valence-corrected chi connectivity index (χ4v) is 2.09. The Bertz CT molecular complexity index is 551. The molecule has 1 heterocycles. The zero-order chi connectivity index (χ0) is 12.4. The predicted octanol–water partition coefficient (Wildman–Crippen LogP) is 3.23. The predicted molar refractivity (Wildman–Crippen MR) is 67.1 cm³/mol. The summed E-state index contributed by atoms with van der Waals surface area (Å²) < 4.78 is 5.46. The third kappa shape index (κ3) is 2.04. The number of nitrogens with two attached hydrogens (primary N) is 1. The van der Waals surface area contributed by atoms with Gasteiger partial charge in [0.1, 0.15) is 5.58 Å². The first kappa shape index (κ1) is 11.7. The number of para-hydroxylation sites is 1. The average Bonchev–Trinajstić information content (AvgIpc) is 2.72. The van der Waals surface area contributed by atoms with Crippen molar-refractivity contribution in [3.8, 4) is 6.07 Å². The molecule has 3 heteroatoms. The third-order valence-corrected chi connectivity index (χ3v) is 3.12. The molecule has 0 bridgehead atoms. The number of benzene rings is 1. The Labute approximate surface area is 101 Å². The quantitative estimate of drug-likeness (QED) is 0.877. The van der Waals surface area contributed by atoms with Gasteiger partial charge in [-0.25, -0.2) is 0 Å². The standard InChI is InChI=1S/C14H16N2O/c1-9(2)11(7-15)14(16)12-8-17-13-6-4-3-5-10(12)13/h3-6,8-9,11,14H,16H2,1-2H3. The number of furan rings is 1. The van der Waals surface area contributed by atoms with Crippen molar-refractivity contribution >= 4 is 11.0 Å². The second-order valence-corrected chi connectivity index (χ2v) is 4.61. The lowest BCUT2D eigenvalue weighted by atomic mass is 9.86. The number of nitrogens with zero attached hydrogens (tertiary/aromatic N) is 1. The van der Waals surface area contributed by atoms with E-state index in [0.29, 0.717) is 0 Å². The van der Waals surface area contributed by atoms with E-state index in [1.807, 2.05) is 38.1 Å². The number of fused-ring (bicyclic) bond motifs is 1. The number of hydrogen-bond donors (Lipinski definition) is 1. The van der Waals surface area contributed by atoms with Gasteiger partial charge >= 0.3 is 0 Å². The van der Waals surface area contributed by atoms with Gasteiger partial charge in [0, 0.05) is 17.0 Å². The van der Waals surface area contributed by atoms with Gasteiger partial charge in [0.05, 0.1) is 18.3 Å². The fraction of sp³-hybridized carbons (Fsp3) is 0.357. The molecule has 2 aromatic rings. The summed E-state index contributed by atoms with van der Waals surface area (Å²) in [5.74, 6) is 0.0275. The minimum absolute atomic E-state index is 0.198. The van der Waals surface area contributed by atoms with E-state index in [2.05, 4.69) is 6.07 Å². The highest BCUT2D eigenvalue weighted by atomic mass is 16.3. The van der Waals surface area contributed by atoms with Crippen LogP contribution in [0, 0.1) is 23.2 Å². The largest absolute Gasteiger partial charge is 0.464 e. The van der Waals surface area contributed by atoms with E-state index < -0.39 is 0 Å². The Morgan fingerprint density at radius 2 is 2.00 bits per heavy atom. The second-order valence-electron chi connectivity index (χ2n) is 4.61. The molecule has 0 aliphatic carbocycles. The Balaban J connectivity index is 2.43. The van der Waals surface area contributed by atoms with E-state index in [-0.39, 0.29) is 17.9 Å². The van der Waals surface area contributed by atoms with Crippen molar-refractivity contribution in [2.75, 3.05) is 0 Å². The van der Waals surface area contributed by atoms with E-state index in [0.717, 1.165) is 16.5 Å². The van der Waals surface area contributed by atoms with E-state index in [9.17, 15) is 5.26 Å². The van der Waals surface area contributed by atoms with Crippen LogP contribution in [0.4, 0.5) is 0 Å². The summed E-state index contributed by atoms with van der Waals surface area (Å²) in [4.78, 5) is 0. The molecular formula is C14H16N2O. The Kier molecular flexibility index (Phi) is 3.16. The maximum atomic E-state index is 9.18. The van der Waals surface area contributed by atoms with Crippen LogP contribution in [-0.2, 0) is 0 Å². The first-order chi connectivity index (χ1) is 8.15. The van der Waals surface area contributed by atoms with Crippen LogP contribution >= 0.6 is 0 Å². The highest BCUT2D eigenvalue weighted by molar-refractivity contribution is 5.81. The highest BCUT2D eigenvalue weighted by Crippen LogP contribution is 2.31.